The van der Waals surface area contributed by atoms with Gasteiger partial charge in [0.25, 0.3) is 0 Å². The number of para-hydroxylation sites is 2. The Morgan fingerprint density at radius 3 is 2.33 bits per heavy atom. The number of anilines is 2. The first-order chi connectivity index (χ1) is 18.6. The van der Waals surface area contributed by atoms with Gasteiger partial charge in [-0.3, -0.25) is 14.4 Å². The number of benzene rings is 2. The SMILES string of the molecule is CC[C@H](C)[C@H](CO)N1C(=O)[C@@H]2[C@@H](C(=O)Nc3ccccc3)[C@@]3(C)CCC2(S3)C1C(=O)Nc1c(C)cccc1C. The fourth-order valence-electron chi connectivity index (χ4n) is 7.18. The van der Waals surface area contributed by atoms with Gasteiger partial charge in [-0.2, -0.15) is 0 Å². The van der Waals surface area contributed by atoms with Gasteiger partial charge in [0.15, 0.2) is 0 Å². The number of likely N-dealkylation sites (tertiary alicyclic amines) is 1. The van der Waals surface area contributed by atoms with Crippen LogP contribution in [0, 0.1) is 31.6 Å². The number of hydrogen-bond acceptors (Lipinski definition) is 5. The van der Waals surface area contributed by atoms with Gasteiger partial charge in [0, 0.05) is 16.1 Å². The molecule has 3 aliphatic heterocycles. The summed E-state index contributed by atoms with van der Waals surface area (Å²) in [4.78, 5) is 44.2. The lowest BCUT2D eigenvalue weighted by atomic mass is 9.66. The van der Waals surface area contributed by atoms with Crippen LogP contribution in [0.3, 0.4) is 0 Å². The molecule has 208 valence electrons. The summed E-state index contributed by atoms with van der Waals surface area (Å²) in [6, 6.07) is 13.9. The summed E-state index contributed by atoms with van der Waals surface area (Å²) in [5.41, 5.74) is 3.34. The molecule has 0 radical (unpaired) electrons. The monoisotopic (exact) mass is 549 g/mol. The largest absolute Gasteiger partial charge is 0.394 e. The standard InChI is InChI=1S/C31H39N3O4S/c1-6-18(2)22(17-35)34-26(28(37)33-25-19(3)11-10-12-20(25)4)31-16-15-30(5,39-31)23(24(31)29(34)38)27(36)32-21-13-8-7-9-14-21/h7-14,18,22-24,26,35H,6,15-17H2,1-5H3,(H,32,36)(H,33,37)/t18-,22-,23-,24-,26?,30+,31?/m0/s1. The van der Waals surface area contributed by atoms with E-state index in [1.165, 1.54) is 0 Å². The highest BCUT2D eigenvalue weighted by atomic mass is 32.2. The van der Waals surface area contributed by atoms with Crippen molar-refractivity contribution in [3.05, 3.63) is 59.7 Å². The van der Waals surface area contributed by atoms with Gasteiger partial charge in [0.05, 0.1) is 29.2 Å². The molecule has 1 spiro atoms. The lowest BCUT2D eigenvalue weighted by Crippen LogP contribution is -2.56. The van der Waals surface area contributed by atoms with E-state index in [-0.39, 0.29) is 30.2 Å². The van der Waals surface area contributed by atoms with Gasteiger partial charge >= 0.3 is 0 Å². The van der Waals surface area contributed by atoms with E-state index in [0.717, 1.165) is 29.7 Å². The predicted octanol–water partition coefficient (Wildman–Crippen LogP) is 4.77. The van der Waals surface area contributed by atoms with Crippen molar-refractivity contribution in [2.45, 2.75) is 75.5 Å². The van der Waals surface area contributed by atoms with Crippen molar-refractivity contribution in [2.24, 2.45) is 17.8 Å². The molecule has 3 fully saturated rings. The van der Waals surface area contributed by atoms with Gasteiger partial charge in [-0.15, -0.1) is 11.8 Å². The Labute approximate surface area is 235 Å². The molecule has 0 aromatic heterocycles. The maximum atomic E-state index is 14.4. The van der Waals surface area contributed by atoms with Crippen molar-refractivity contribution in [2.75, 3.05) is 17.2 Å². The third-order valence-electron chi connectivity index (χ3n) is 9.36. The number of nitrogens with one attached hydrogen (secondary N) is 2. The minimum Gasteiger partial charge on any atom is -0.394 e. The average molecular weight is 550 g/mol. The molecule has 0 saturated carbocycles. The van der Waals surface area contributed by atoms with Gasteiger partial charge in [0.1, 0.15) is 6.04 Å². The van der Waals surface area contributed by atoms with Crippen LogP contribution in [0.1, 0.15) is 51.2 Å². The molecule has 3 aliphatic rings. The minimum absolute atomic E-state index is 0.0148. The molecular formula is C31H39N3O4S. The van der Waals surface area contributed by atoms with Gasteiger partial charge in [0.2, 0.25) is 17.7 Å². The van der Waals surface area contributed by atoms with Crippen molar-refractivity contribution in [1.29, 1.82) is 0 Å². The van der Waals surface area contributed by atoms with Crippen molar-refractivity contribution in [3.63, 3.8) is 0 Å². The second kappa shape index (κ2) is 10.3. The molecule has 3 heterocycles. The van der Waals surface area contributed by atoms with E-state index in [0.29, 0.717) is 12.1 Å². The first-order valence-corrected chi connectivity index (χ1v) is 14.8. The average Bonchev–Trinajstić information content (AvgIpc) is 3.48. The molecular weight excluding hydrogens is 510 g/mol. The van der Waals surface area contributed by atoms with Crippen LogP contribution < -0.4 is 10.6 Å². The maximum absolute atomic E-state index is 14.4. The van der Waals surface area contributed by atoms with Crippen LogP contribution in [-0.4, -0.2) is 55.9 Å². The zero-order chi connectivity index (χ0) is 28.1. The van der Waals surface area contributed by atoms with Crippen molar-refractivity contribution in [3.8, 4) is 0 Å². The fourth-order valence-corrected chi connectivity index (χ4v) is 9.52. The van der Waals surface area contributed by atoms with E-state index in [4.69, 9.17) is 0 Å². The number of hydrogen-bond donors (Lipinski definition) is 3. The topological polar surface area (TPSA) is 98.7 Å². The van der Waals surface area contributed by atoms with E-state index in [1.54, 1.807) is 16.7 Å². The zero-order valence-electron chi connectivity index (χ0n) is 23.4. The van der Waals surface area contributed by atoms with E-state index in [1.807, 2.05) is 76.2 Å². The number of carbonyl (C=O) groups is 3. The molecule has 0 aliphatic carbocycles. The molecule has 2 unspecified atom stereocenters. The van der Waals surface area contributed by atoms with E-state index in [2.05, 4.69) is 17.6 Å². The Bertz CT molecular complexity index is 1270. The number of aryl methyl sites for hydroxylation is 2. The van der Waals surface area contributed by atoms with Gasteiger partial charge in [-0.1, -0.05) is 56.7 Å². The van der Waals surface area contributed by atoms with Crippen LogP contribution in [0.2, 0.25) is 0 Å². The quantitative estimate of drug-likeness (QED) is 0.441. The second-order valence-electron chi connectivity index (χ2n) is 11.7. The highest BCUT2D eigenvalue weighted by Gasteiger charge is 2.77. The maximum Gasteiger partial charge on any atom is 0.248 e. The first-order valence-electron chi connectivity index (χ1n) is 13.9. The smallest absolute Gasteiger partial charge is 0.248 e. The van der Waals surface area contributed by atoms with Crippen LogP contribution in [0.5, 0.6) is 0 Å². The molecule has 39 heavy (non-hydrogen) atoms. The number of aliphatic hydroxyl groups excluding tert-OH is 1. The van der Waals surface area contributed by atoms with Crippen molar-refractivity contribution < 1.29 is 19.5 Å². The van der Waals surface area contributed by atoms with E-state index in [9.17, 15) is 19.5 Å². The summed E-state index contributed by atoms with van der Waals surface area (Å²) in [5, 5.41) is 16.7. The summed E-state index contributed by atoms with van der Waals surface area (Å²) in [5.74, 6) is -1.86. The Kier molecular flexibility index (Phi) is 7.31. The summed E-state index contributed by atoms with van der Waals surface area (Å²) < 4.78 is -1.21. The van der Waals surface area contributed by atoms with E-state index < -0.39 is 33.4 Å². The number of aliphatic hydroxyl groups is 1. The third kappa shape index (κ3) is 4.36. The predicted molar refractivity (Wildman–Crippen MR) is 156 cm³/mol. The number of amides is 3. The lowest BCUT2D eigenvalue weighted by molar-refractivity contribution is -0.142. The van der Waals surface area contributed by atoms with Crippen LogP contribution >= 0.6 is 11.8 Å². The number of thioether (sulfide) groups is 1. The molecule has 2 aromatic carbocycles. The minimum atomic E-state index is -0.790. The summed E-state index contributed by atoms with van der Waals surface area (Å²) in [7, 11) is 0. The molecule has 7 atom stereocenters. The molecule has 3 saturated heterocycles. The fraction of sp³-hybridized carbons (Fsp3) is 0.516. The highest BCUT2D eigenvalue weighted by Crippen LogP contribution is 2.71. The van der Waals surface area contributed by atoms with Gasteiger partial charge in [-0.25, -0.2) is 0 Å². The zero-order valence-corrected chi connectivity index (χ0v) is 24.2. The second-order valence-corrected chi connectivity index (χ2v) is 13.6. The lowest BCUT2D eigenvalue weighted by Gasteiger charge is -2.39. The molecule has 7 nitrogen and oxygen atoms in total. The van der Waals surface area contributed by atoms with Crippen molar-refractivity contribution in [1.82, 2.24) is 4.90 Å². The Balaban J connectivity index is 1.58. The highest BCUT2D eigenvalue weighted by molar-refractivity contribution is 8.02. The van der Waals surface area contributed by atoms with Gasteiger partial charge < -0.3 is 20.6 Å². The molecule has 2 bridgehead atoms. The van der Waals surface area contributed by atoms with Crippen LogP contribution in [0.25, 0.3) is 0 Å². The summed E-state index contributed by atoms with van der Waals surface area (Å²) in [6.07, 6.45) is 2.16. The Morgan fingerprint density at radius 2 is 1.72 bits per heavy atom. The van der Waals surface area contributed by atoms with Crippen LogP contribution in [0.15, 0.2) is 48.5 Å². The number of carbonyl (C=O) groups excluding carboxylic acids is 3. The molecule has 3 amide bonds. The normalized spacial score (nSPS) is 30.7. The summed E-state index contributed by atoms with van der Waals surface area (Å²) in [6.45, 7) is 9.77. The Morgan fingerprint density at radius 1 is 1.05 bits per heavy atom. The molecule has 2 aromatic rings. The first kappa shape index (κ1) is 27.7. The number of nitrogens with zero attached hydrogens (tertiary/aromatic N) is 1. The van der Waals surface area contributed by atoms with E-state index >= 15 is 0 Å². The van der Waals surface area contributed by atoms with Crippen molar-refractivity contribution >= 4 is 40.9 Å². The molecule has 8 heteroatoms. The molecule has 3 N–H and O–H groups in total. The number of fused-ring (bicyclic) bond motifs is 1. The number of rotatable bonds is 8. The Hall–Kier alpha value is -2.84. The molecule has 5 rings (SSSR count). The van der Waals surface area contributed by atoms with Gasteiger partial charge in [-0.05, 0) is 62.8 Å². The van der Waals surface area contributed by atoms with Crippen LogP contribution in [-0.2, 0) is 14.4 Å². The van der Waals surface area contributed by atoms with Crippen LogP contribution in [0.4, 0.5) is 11.4 Å². The summed E-state index contributed by atoms with van der Waals surface area (Å²) >= 11 is 1.64. The third-order valence-corrected chi connectivity index (χ3v) is 11.3.